The molecular formula is C15H19N3OS. The lowest BCUT2D eigenvalue weighted by atomic mass is 10.1. The number of hydrogen-bond donors (Lipinski definition) is 1. The Morgan fingerprint density at radius 2 is 2.00 bits per heavy atom. The second-order valence-corrected chi connectivity index (χ2v) is 6.51. The van der Waals surface area contributed by atoms with Gasteiger partial charge in [-0.3, -0.25) is 4.21 Å². The van der Waals surface area contributed by atoms with Crippen molar-refractivity contribution in [2.75, 3.05) is 18.1 Å². The van der Waals surface area contributed by atoms with Crippen molar-refractivity contribution in [2.24, 2.45) is 0 Å². The van der Waals surface area contributed by atoms with E-state index < -0.39 is 10.8 Å². The number of aromatic nitrogens is 2. The summed E-state index contributed by atoms with van der Waals surface area (Å²) in [5.41, 5.74) is 1.19. The van der Waals surface area contributed by atoms with Crippen molar-refractivity contribution in [3.05, 3.63) is 54.0 Å². The number of nitrogens with zero attached hydrogens (tertiary/aromatic N) is 2. The topological polar surface area (TPSA) is 54.9 Å². The molecule has 0 aliphatic heterocycles. The first-order valence-corrected chi connectivity index (χ1v) is 8.19. The minimum Gasteiger partial charge on any atom is -0.369 e. The van der Waals surface area contributed by atoms with Crippen molar-refractivity contribution in [3.63, 3.8) is 0 Å². The molecule has 2 rings (SSSR count). The molecule has 0 aliphatic rings. The van der Waals surface area contributed by atoms with Gasteiger partial charge in [0.2, 0.25) is 0 Å². The monoisotopic (exact) mass is 289 g/mol. The molecule has 20 heavy (non-hydrogen) atoms. The Bertz CT molecular complexity index is 574. The van der Waals surface area contributed by atoms with E-state index in [9.17, 15) is 4.21 Å². The van der Waals surface area contributed by atoms with E-state index in [1.165, 1.54) is 5.56 Å². The lowest BCUT2D eigenvalue weighted by molar-refractivity contribution is 0.678. The van der Waals surface area contributed by atoms with Crippen molar-refractivity contribution >= 4 is 16.6 Å². The van der Waals surface area contributed by atoms with Crippen LogP contribution < -0.4 is 5.32 Å². The van der Waals surface area contributed by atoms with E-state index in [1.54, 1.807) is 12.5 Å². The van der Waals surface area contributed by atoms with Crippen LogP contribution in [0.25, 0.3) is 0 Å². The lowest BCUT2D eigenvalue weighted by Gasteiger charge is -2.11. The first-order valence-electron chi connectivity index (χ1n) is 6.57. The van der Waals surface area contributed by atoms with E-state index in [0.717, 1.165) is 11.6 Å². The molecule has 0 saturated heterocycles. The van der Waals surface area contributed by atoms with Crippen molar-refractivity contribution in [3.8, 4) is 0 Å². The van der Waals surface area contributed by atoms with Crippen LogP contribution in [0.2, 0.25) is 0 Å². The summed E-state index contributed by atoms with van der Waals surface area (Å²) in [6.45, 7) is 2.60. The average Bonchev–Trinajstić information content (AvgIpc) is 2.46. The fraction of sp³-hybridized carbons (Fsp3) is 0.333. The second-order valence-electron chi connectivity index (χ2n) is 4.71. The molecule has 1 aromatic heterocycles. The van der Waals surface area contributed by atoms with Crippen LogP contribution >= 0.6 is 0 Å². The highest BCUT2D eigenvalue weighted by atomic mass is 32.2. The van der Waals surface area contributed by atoms with Gasteiger partial charge in [-0.25, -0.2) is 9.97 Å². The quantitative estimate of drug-likeness (QED) is 0.886. The molecule has 1 N–H and O–H groups in total. The fourth-order valence-electron chi connectivity index (χ4n) is 1.73. The predicted octanol–water partition coefficient (Wildman–Crippen LogP) is 2.25. The van der Waals surface area contributed by atoms with E-state index in [0.29, 0.717) is 13.0 Å². The van der Waals surface area contributed by atoms with Gasteiger partial charge in [-0.2, -0.15) is 0 Å². The maximum atomic E-state index is 11.3. The molecule has 4 nitrogen and oxygen atoms in total. The Morgan fingerprint density at radius 1 is 1.25 bits per heavy atom. The van der Waals surface area contributed by atoms with Crippen LogP contribution in [0.4, 0.5) is 5.82 Å². The largest absolute Gasteiger partial charge is 0.369 e. The van der Waals surface area contributed by atoms with Gasteiger partial charge < -0.3 is 5.32 Å². The molecule has 0 amide bonds. The molecule has 0 spiro atoms. The number of nitrogens with one attached hydrogen (secondary N) is 1. The standard InChI is InChI=1S/C15H19N3OS/c1-12(20(2)19)11-17-14-8-9-16-15(18-14)10-13-6-4-3-5-7-13/h3-9,12H,10-11H2,1-2H3,(H,16,17,18)/t12-,20+/m1/s1. The number of rotatable bonds is 6. The highest BCUT2D eigenvalue weighted by Gasteiger charge is 2.06. The highest BCUT2D eigenvalue weighted by molar-refractivity contribution is 7.84. The van der Waals surface area contributed by atoms with Crippen molar-refractivity contribution in [1.29, 1.82) is 0 Å². The SMILES string of the molecule is C[C@H](CNc1ccnc(Cc2ccccc2)n1)[S@](C)=O. The number of anilines is 1. The van der Waals surface area contributed by atoms with Crippen LogP contribution in [0.5, 0.6) is 0 Å². The first-order chi connectivity index (χ1) is 9.65. The van der Waals surface area contributed by atoms with E-state index in [2.05, 4.69) is 27.4 Å². The molecule has 106 valence electrons. The second kappa shape index (κ2) is 7.14. The van der Waals surface area contributed by atoms with E-state index in [4.69, 9.17) is 0 Å². The maximum absolute atomic E-state index is 11.3. The minimum absolute atomic E-state index is 0.0996. The third kappa shape index (κ3) is 4.42. The van der Waals surface area contributed by atoms with Gasteiger partial charge in [0.15, 0.2) is 0 Å². The molecule has 1 heterocycles. The molecule has 0 aliphatic carbocycles. The molecule has 0 saturated carbocycles. The summed E-state index contributed by atoms with van der Waals surface area (Å²) in [4.78, 5) is 8.76. The molecule has 0 bridgehead atoms. The molecule has 0 fully saturated rings. The Kier molecular flexibility index (Phi) is 5.24. The first kappa shape index (κ1) is 14.7. The minimum atomic E-state index is -0.827. The average molecular weight is 289 g/mol. The summed E-state index contributed by atoms with van der Waals surface area (Å²) in [5.74, 6) is 1.56. The molecule has 5 heteroatoms. The van der Waals surface area contributed by atoms with E-state index in [1.807, 2.05) is 31.2 Å². The van der Waals surface area contributed by atoms with Gasteiger partial charge in [0.25, 0.3) is 0 Å². The van der Waals surface area contributed by atoms with Crippen molar-refractivity contribution in [2.45, 2.75) is 18.6 Å². The molecule has 1 aromatic carbocycles. The fourth-order valence-corrected chi connectivity index (χ4v) is 2.04. The Morgan fingerprint density at radius 3 is 2.70 bits per heavy atom. The zero-order chi connectivity index (χ0) is 14.4. The molecule has 2 aromatic rings. The summed E-state index contributed by atoms with van der Waals surface area (Å²) in [6, 6.07) is 12.0. The van der Waals surface area contributed by atoms with Crippen molar-refractivity contribution < 1.29 is 4.21 Å². The predicted molar refractivity (Wildman–Crippen MR) is 83.3 cm³/mol. The maximum Gasteiger partial charge on any atom is 0.135 e. The third-order valence-electron chi connectivity index (χ3n) is 3.05. The number of hydrogen-bond acceptors (Lipinski definition) is 4. The summed E-state index contributed by atoms with van der Waals surface area (Å²) in [7, 11) is -0.827. The van der Waals surface area contributed by atoms with Crippen molar-refractivity contribution in [1.82, 2.24) is 9.97 Å². The zero-order valence-corrected chi connectivity index (χ0v) is 12.6. The molecule has 0 unspecified atom stereocenters. The Labute approximate surface area is 122 Å². The van der Waals surface area contributed by atoms with Crippen LogP contribution in [0, 0.1) is 0 Å². The van der Waals surface area contributed by atoms with Gasteiger partial charge in [0.05, 0.1) is 0 Å². The highest BCUT2D eigenvalue weighted by Crippen LogP contribution is 2.08. The van der Waals surface area contributed by atoms with Gasteiger partial charge in [0.1, 0.15) is 11.6 Å². The summed E-state index contributed by atoms with van der Waals surface area (Å²) in [6.07, 6.45) is 4.18. The molecular weight excluding hydrogens is 270 g/mol. The van der Waals surface area contributed by atoms with Crippen LogP contribution in [0.3, 0.4) is 0 Å². The molecule has 2 atom stereocenters. The van der Waals surface area contributed by atoms with E-state index in [-0.39, 0.29) is 5.25 Å². The zero-order valence-electron chi connectivity index (χ0n) is 11.7. The summed E-state index contributed by atoms with van der Waals surface area (Å²) >= 11 is 0. The normalized spacial score (nSPS) is 13.7. The third-order valence-corrected chi connectivity index (χ3v) is 4.35. The Hall–Kier alpha value is -1.75. The molecule has 0 radical (unpaired) electrons. The lowest BCUT2D eigenvalue weighted by Crippen LogP contribution is -2.21. The van der Waals surface area contributed by atoms with Gasteiger partial charge in [-0.05, 0) is 18.6 Å². The van der Waals surface area contributed by atoms with Crippen LogP contribution in [-0.4, -0.2) is 32.2 Å². The van der Waals surface area contributed by atoms with E-state index >= 15 is 0 Å². The van der Waals surface area contributed by atoms with Gasteiger partial charge >= 0.3 is 0 Å². The van der Waals surface area contributed by atoms with Crippen LogP contribution in [0.15, 0.2) is 42.6 Å². The van der Waals surface area contributed by atoms with Gasteiger partial charge in [-0.15, -0.1) is 0 Å². The van der Waals surface area contributed by atoms with Crippen LogP contribution in [-0.2, 0) is 17.2 Å². The summed E-state index contributed by atoms with van der Waals surface area (Å²) in [5, 5.41) is 3.31. The smallest absolute Gasteiger partial charge is 0.135 e. The van der Waals surface area contributed by atoms with Crippen LogP contribution in [0.1, 0.15) is 18.3 Å². The van der Waals surface area contributed by atoms with Gasteiger partial charge in [0, 0.05) is 41.5 Å². The Balaban J connectivity index is 1.99. The van der Waals surface area contributed by atoms with Gasteiger partial charge in [-0.1, -0.05) is 30.3 Å². The summed E-state index contributed by atoms with van der Waals surface area (Å²) < 4.78 is 11.3. The number of benzene rings is 1.